The molecule has 1 aromatic rings. The van der Waals surface area contributed by atoms with Crippen LogP contribution in [-0.4, -0.2) is 18.5 Å². The first kappa shape index (κ1) is 15.3. The lowest BCUT2D eigenvalue weighted by Crippen LogP contribution is -2.27. The summed E-state index contributed by atoms with van der Waals surface area (Å²) in [5.41, 5.74) is 1.21. The largest absolute Gasteiger partial charge is 0.353 e. The number of hydrogen-bond acceptors (Lipinski definition) is 2. The summed E-state index contributed by atoms with van der Waals surface area (Å²) >= 11 is 6.02. The first-order chi connectivity index (χ1) is 9.69. The van der Waals surface area contributed by atoms with Crippen molar-refractivity contribution in [2.24, 2.45) is 0 Å². The number of carbonyl (C=O) groups excluding carboxylic acids is 1. The fourth-order valence-corrected chi connectivity index (χ4v) is 2.47. The van der Waals surface area contributed by atoms with Crippen LogP contribution in [0.3, 0.4) is 0 Å². The van der Waals surface area contributed by atoms with Crippen LogP contribution in [0.4, 0.5) is 0 Å². The molecule has 1 atom stereocenters. The Morgan fingerprint density at radius 3 is 2.90 bits per heavy atom. The monoisotopic (exact) mass is 294 g/mol. The van der Waals surface area contributed by atoms with Crippen molar-refractivity contribution >= 4 is 17.5 Å². The molecule has 0 heterocycles. The fourth-order valence-electron chi connectivity index (χ4n) is 2.27. The van der Waals surface area contributed by atoms with Crippen LogP contribution in [0.15, 0.2) is 24.3 Å². The molecule has 1 unspecified atom stereocenters. The van der Waals surface area contributed by atoms with Gasteiger partial charge in [-0.3, -0.25) is 4.79 Å². The third-order valence-electron chi connectivity index (χ3n) is 3.57. The molecule has 4 heteroatoms. The van der Waals surface area contributed by atoms with Gasteiger partial charge in [0, 0.05) is 23.5 Å². The predicted octanol–water partition coefficient (Wildman–Crippen LogP) is 3.44. The zero-order valence-electron chi connectivity index (χ0n) is 12.0. The highest BCUT2D eigenvalue weighted by Gasteiger charge is 2.22. The van der Waals surface area contributed by atoms with Gasteiger partial charge < -0.3 is 10.6 Å². The highest BCUT2D eigenvalue weighted by molar-refractivity contribution is 6.30. The van der Waals surface area contributed by atoms with Crippen LogP contribution in [0.2, 0.25) is 5.02 Å². The van der Waals surface area contributed by atoms with Crippen molar-refractivity contribution in [1.82, 2.24) is 10.6 Å². The van der Waals surface area contributed by atoms with Gasteiger partial charge in [-0.15, -0.1) is 0 Å². The maximum absolute atomic E-state index is 11.6. The predicted molar refractivity (Wildman–Crippen MR) is 82.9 cm³/mol. The van der Waals surface area contributed by atoms with Gasteiger partial charge >= 0.3 is 0 Å². The standard InChI is InChI=1S/C16H23ClN2O/c1-2-15(12-5-3-6-13(17)11-12)18-10-4-7-16(20)19-14-8-9-14/h3,5-6,11,14-15,18H,2,4,7-10H2,1H3,(H,19,20). The van der Waals surface area contributed by atoms with Gasteiger partial charge in [-0.1, -0.05) is 30.7 Å². The number of hydrogen-bond donors (Lipinski definition) is 2. The molecule has 1 aliphatic rings. The van der Waals surface area contributed by atoms with Gasteiger partial charge in [0.1, 0.15) is 0 Å². The Morgan fingerprint density at radius 1 is 1.45 bits per heavy atom. The average Bonchev–Trinajstić information content (AvgIpc) is 3.22. The van der Waals surface area contributed by atoms with Crippen molar-refractivity contribution in [2.45, 2.75) is 51.1 Å². The highest BCUT2D eigenvalue weighted by Crippen LogP contribution is 2.20. The van der Waals surface area contributed by atoms with E-state index in [1.807, 2.05) is 18.2 Å². The Hall–Kier alpha value is -1.06. The van der Waals surface area contributed by atoms with Crippen molar-refractivity contribution in [1.29, 1.82) is 0 Å². The fraction of sp³-hybridized carbons (Fsp3) is 0.562. The molecule has 1 fully saturated rings. The van der Waals surface area contributed by atoms with Crippen LogP contribution in [-0.2, 0) is 4.79 Å². The summed E-state index contributed by atoms with van der Waals surface area (Å²) in [5.74, 6) is 0.185. The second kappa shape index (κ2) is 7.65. The van der Waals surface area contributed by atoms with E-state index in [0.717, 1.165) is 37.3 Å². The molecule has 1 amide bonds. The summed E-state index contributed by atoms with van der Waals surface area (Å²) in [6, 6.07) is 8.73. The molecule has 0 saturated heterocycles. The van der Waals surface area contributed by atoms with Gasteiger partial charge in [0.2, 0.25) is 5.91 Å². The Kier molecular flexibility index (Phi) is 5.86. The second-order valence-corrected chi connectivity index (χ2v) is 5.85. The molecule has 0 aliphatic heterocycles. The minimum absolute atomic E-state index is 0.185. The third kappa shape index (κ3) is 5.14. The minimum Gasteiger partial charge on any atom is -0.353 e. The van der Waals surface area contributed by atoms with Gasteiger partial charge in [-0.05, 0) is 49.9 Å². The first-order valence-electron chi connectivity index (χ1n) is 7.47. The van der Waals surface area contributed by atoms with Crippen molar-refractivity contribution in [3.8, 4) is 0 Å². The van der Waals surface area contributed by atoms with E-state index in [4.69, 9.17) is 11.6 Å². The molecule has 1 aliphatic carbocycles. The number of halogens is 1. The minimum atomic E-state index is 0.185. The summed E-state index contributed by atoms with van der Waals surface area (Å²) < 4.78 is 0. The molecule has 20 heavy (non-hydrogen) atoms. The smallest absolute Gasteiger partial charge is 0.220 e. The first-order valence-corrected chi connectivity index (χ1v) is 7.85. The maximum Gasteiger partial charge on any atom is 0.220 e. The van der Waals surface area contributed by atoms with E-state index in [1.165, 1.54) is 5.56 Å². The topological polar surface area (TPSA) is 41.1 Å². The van der Waals surface area contributed by atoms with Crippen LogP contribution in [0, 0.1) is 0 Å². The lowest BCUT2D eigenvalue weighted by atomic mass is 10.0. The van der Waals surface area contributed by atoms with Crippen LogP contribution >= 0.6 is 11.6 Å². The lowest BCUT2D eigenvalue weighted by molar-refractivity contribution is -0.121. The zero-order chi connectivity index (χ0) is 14.4. The average molecular weight is 295 g/mol. The Morgan fingerprint density at radius 2 is 2.25 bits per heavy atom. The number of carbonyl (C=O) groups is 1. The second-order valence-electron chi connectivity index (χ2n) is 5.42. The molecule has 0 spiro atoms. The summed E-state index contributed by atoms with van der Waals surface area (Å²) in [6.45, 7) is 3.00. The van der Waals surface area contributed by atoms with Crippen LogP contribution in [0.25, 0.3) is 0 Å². The maximum atomic E-state index is 11.6. The van der Waals surface area contributed by atoms with Crippen LogP contribution in [0.1, 0.15) is 50.6 Å². The molecular formula is C16H23ClN2O. The molecule has 2 N–H and O–H groups in total. The van der Waals surface area contributed by atoms with Gasteiger partial charge in [-0.2, -0.15) is 0 Å². The lowest BCUT2D eigenvalue weighted by Gasteiger charge is -2.17. The van der Waals surface area contributed by atoms with Crippen molar-refractivity contribution in [2.75, 3.05) is 6.54 Å². The van der Waals surface area contributed by atoms with Gasteiger partial charge in [0.25, 0.3) is 0 Å². The molecule has 2 rings (SSSR count). The van der Waals surface area contributed by atoms with Crippen molar-refractivity contribution < 1.29 is 4.79 Å². The normalized spacial score (nSPS) is 15.9. The van der Waals surface area contributed by atoms with Crippen LogP contribution < -0.4 is 10.6 Å². The number of nitrogens with one attached hydrogen (secondary N) is 2. The Labute approximate surface area is 126 Å². The molecule has 1 saturated carbocycles. The van der Waals surface area contributed by atoms with E-state index in [2.05, 4.69) is 23.6 Å². The number of rotatable bonds is 8. The van der Waals surface area contributed by atoms with Gasteiger partial charge in [0.15, 0.2) is 0 Å². The Bertz CT molecular complexity index is 446. The summed E-state index contributed by atoms with van der Waals surface area (Å²) in [4.78, 5) is 11.6. The molecule has 0 bridgehead atoms. The molecule has 3 nitrogen and oxygen atoms in total. The molecular weight excluding hydrogens is 272 g/mol. The highest BCUT2D eigenvalue weighted by atomic mass is 35.5. The van der Waals surface area contributed by atoms with E-state index in [9.17, 15) is 4.79 Å². The van der Waals surface area contributed by atoms with Crippen molar-refractivity contribution in [3.05, 3.63) is 34.9 Å². The van der Waals surface area contributed by atoms with E-state index in [1.54, 1.807) is 0 Å². The molecule has 1 aromatic carbocycles. The third-order valence-corrected chi connectivity index (χ3v) is 3.81. The van der Waals surface area contributed by atoms with E-state index >= 15 is 0 Å². The van der Waals surface area contributed by atoms with E-state index in [0.29, 0.717) is 18.5 Å². The summed E-state index contributed by atoms with van der Waals surface area (Å²) in [7, 11) is 0. The van der Waals surface area contributed by atoms with Crippen molar-refractivity contribution in [3.63, 3.8) is 0 Å². The molecule has 0 radical (unpaired) electrons. The zero-order valence-corrected chi connectivity index (χ0v) is 12.7. The number of benzene rings is 1. The van der Waals surface area contributed by atoms with Gasteiger partial charge in [-0.25, -0.2) is 0 Å². The Balaban J connectivity index is 1.69. The SMILES string of the molecule is CCC(NCCCC(=O)NC1CC1)c1cccc(Cl)c1. The van der Waals surface area contributed by atoms with Crippen LogP contribution in [0.5, 0.6) is 0 Å². The summed E-state index contributed by atoms with van der Waals surface area (Å²) in [6.07, 6.45) is 4.78. The number of amides is 1. The summed E-state index contributed by atoms with van der Waals surface area (Å²) in [5, 5.41) is 7.28. The van der Waals surface area contributed by atoms with E-state index in [-0.39, 0.29) is 5.91 Å². The molecule has 0 aromatic heterocycles. The van der Waals surface area contributed by atoms with E-state index < -0.39 is 0 Å². The van der Waals surface area contributed by atoms with Gasteiger partial charge in [0.05, 0.1) is 0 Å². The molecule has 110 valence electrons. The quantitative estimate of drug-likeness (QED) is 0.721.